The van der Waals surface area contributed by atoms with Gasteiger partial charge in [-0.1, -0.05) is 46.1 Å². The number of methoxy groups -OCH3 is 1. The van der Waals surface area contributed by atoms with Crippen molar-refractivity contribution in [2.24, 2.45) is 23.7 Å². The summed E-state index contributed by atoms with van der Waals surface area (Å²) in [6, 6.07) is 3.86. The van der Waals surface area contributed by atoms with Crippen molar-refractivity contribution in [3.63, 3.8) is 0 Å². The van der Waals surface area contributed by atoms with E-state index in [0.717, 1.165) is 57.8 Å². The Bertz CT molecular complexity index is 1510. The molecular weight excluding hydrogens is 612 g/mol. The maximum Gasteiger partial charge on any atom is 0.408 e. The van der Waals surface area contributed by atoms with Gasteiger partial charge in [-0.3, -0.25) is 4.79 Å². The average Bonchev–Trinajstić information content (AvgIpc) is 3.71. The van der Waals surface area contributed by atoms with Gasteiger partial charge in [0, 0.05) is 12.0 Å². The van der Waals surface area contributed by atoms with Crippen molar-refractivity contribution < 1.29 is 33.3 Å². The summed E-state index contributed by atoms with van der Waals surface area (Å²) < 4.78 is 23.8. The second-order valence-corrected chi connectivity index (χ2v) is 14.2. The Kier molecular flexibility index (Phi) is 10.7. The summed E-state index contributed by atoms with van der Waals surface area (Å²) >= 11 is 0. The van der Waals surface area contributed by atoms with Crippen LogP contribution in [0.1, 0.15) is 90.7 Å². The number of nitrogens with one attached hydrogen (secondary N) is 1. The van der Waals surface area contributed by atoms with Crippen LogP contribution in [0, 0.1) is 23.7 Å². The number of aromatic nitrogens is 2. The summed E-state index contributed by atoms with van der Waals surface area (Å²) in [5, 5.41) is 2.98. The molecule has 0 radical (unpaired) electrons. The molecule has 2 aliphatic heterocycles. The average molecular weight is 663 g/mol. The first-order chi connectivity index (χ1) is 23.2. The fourth-order valence-corrected chi connectivity index (χ4v) is 7.54. The predicted octanol–water partition coefficient (Wildman–Crippen LogP) is 6.08. The van der Waals surface area contributed by atoms with Crippen LogP contribution in [0.5, 0.6) is 11.6 Å². The Balaban J connectivity index is 1.40. The number of allylic oxidation sites excluding steroid dienone is 1. The number of carbonyl (C=O) groups is 3. The third-order valence-corrected chi connectivity index (χ3v) is 10.3. The lowest BCUT2D eigenvalue weighted by molar-refractivity contribution is -0.156. The third kappa shape index (κ3) is 7.70. The number of fused-ring (bicyclic) bond motifs is 5. The molecular formula is C37H50N4O7. The summed E-state index contributed by atoms with van der Waals surface area (Å²) in [5.74, 6) is 0.262. The lowest BCUT2D eigenvalue weighted by Crippen LogP contribution is -2.56. The quantitative estimate of drug-likeness (QED) is 0.366. The van der Waals surface area contributed by atoms with Gasteiger partial charge in [-0.15, -0.1) is 0 Å². The molecule has 11 heteroatoms. The lowest BCUT2D eigenvalue weighted by Gasteiger charge is -2.34. The minimum atomic E-state index is -0.877. The molecule has 3 fully saturated rings. The van der Waals surface area contributed by atoms with Gasteiger partial charge in [0.05, 0.1) is 31.3 Å². The second kappa shape index (κ2) is 15.1. The number of esters is 1. The van der Waals surface area contributed by atoms with Gasteiger partial charge in [0.15, 0.2) is 0 Å². The Labute approximate surface area is 283 Å². The number of hydrogen-bond acceptors (Lipinski definition) is 9. The van der Waals surface area contributed by atoms with Crippen molar-refractivity contribution in [2.75, 3.05) is 20.3 Å². The van der Waals surface area contributed by atoms with Crippen LogP contribution in [-0.4, -0.2) is 77.4 Å². The lowest BCUT2D eigenvalue weighted by atomic mass is 9.83. The summed E-state index contributed by atoms with van der Waals surface area (Å²) in [4.78, 5) is 53.2. The number of ether oxygens (including phenoxy) is 4. The van der Waals surface area contributed by atoms with Crippen molar-refractivity contribution in [2.45, 2.75) is 109 Å². The molecule has 2 amide bonds. The SMILES string of the molecule is CCC1[C@@H]2CN(C(=O)[C@H](C3CCCCC3)NC(=O)O[C@@H]3C[C@H]3CCC/C=C/c3nc4ccc(OC)cc4nc3O2)[C@@H]1C(=O)OCC(C)C. The Morgan fingerprint density at radius 2 is 1.81 bits per heavy atom. The first-order valence-electron chi connectivity index (χ1n) is 17.9. The zero-order chi connectivity index (χ0) is 33.8. The topological polar surface area (TPSA) is 129 Å². The molecule has 2 aliphatic carbocycles. The van der Waals surface area contributed by atoms with E-state index in [9.17, 15) is 14.4 Å². The summed E-state index contributed by atoms with van der Waals surface area (Å²) in [6.45, 7) is 6.33. The Hall–Kier alpha value is -3.89. The highest BCUT2D eigenvalue weighted by molar-refractivity contribution is 5.91. The molecule has 1 aromatic heterocycles. The minimum absolute atomic E-state index is 0.0511. The van der Waals surface area contributed by atoms with Crippen LogP contribution in [0.2, 0.25) is 0 Å². The van der Waals surface area contributed by atoms with E-state index in [1.807, 2.05) is 45.0 Å². The number of carbonyl (C=O) groups excluding carboxylic acids is 3. The molecule has 1 aromatic carbocycles. The van der Waals surface area contributed by atoms with E-state index >= 15 is 0 Å². The maximum atomic E-state index is 14.7. The van der Waals surface area contributed by atoms with Gasteiger partial charge in [0.25, 0.3) is 0 Å². The first-order valence-corrected chi connectivity index (χ1v) is 17.9. The predicted molar refractivity (Wildman–Crippen MR) is 180 cm³/mol. The van der Waals surface area contributed by atoms with Crippen molar-refractivity contribution in [1.82, 2.24) is 20.2 Å². The summed E-state index contributed by atoms with van der Waals surface area (Å²) in [5.41, 5.74) is 1.92. The van der Waals surface area contributed by atoms with Gasteiger partial charge in [0.2, 0.25) is 11.8 Å². The Morgan fingerprint density at radius 1 is 1.02 bits per heavy atom. The number of alkyl carbamates (subject to hydrolysis) is 1. The highest BCUT2D eigenvalue weighted by Crippen LogP contribution is 2.39. The Morgan fingerprint density at radius 3 is 2.56 bits per heavy atom. The van der Waals surface area contributed by atoms with E-state index in [1.165, 1.54) is 0 Å². The van der Waals surface area contributed by atoms with Crippen molar-refractivity contribution in [3.8, 4) is 11.6 Å². The largest absolute Gasteiger partial charge is 0.497 e. The smallest absolute Gasteiger partial charge is 0.408 e. The van der Waals surface area contributed by atoms with E-state index in [0.29, 0.717) is 40.7 Å². The molecule has 0 spiro atoms. The van der Waals surface area contributed by atoms with Gasteiger partial charge in [-0.2, -0.15) is 0 Å². The third-order valence-electron chi connectivity index (χ3n) is 10.3. The molecule has 4 aliphatic rings. The molecule has 6 rings (SSSR count). The van der Waals surface area contributed by atoms with Crippen LogP contribution in [0.4, 0.5) is 4.79 Å². The number of amides is 2. The molecule has 1 unspecified atom stereocenters. The van der Waals surface area contributed by atoms with Crippen LogP contribution < -0.4 is 14.8 Å². The highest BCUT2D eigenvalue weighted by Gasteiger charge is 2.52. The molecule has 2 saturated carbocycles. The molecule has 6 atom stereocenters. The molecule has 3 heterocycles. The van der Waals surface area contributed by atoms with E-state index < -0.39 is 30.3 Å². The molecule has 1 N–H and O–H groups in total. The fourth-order valence-electron chi connectivity index (χ4n) is 7.54. The van der Waals surface area contributed by atoms with E-state index in [2.05, 4.69) is 11.4 Å². The van der Waals surface area contributed by atoms with Crippen LogP contribution in [0.25, 0.3) is 17.1 Å². The number of hydrogen-bond donors (Lipinski definition) is 1. The second-order valence-electron chi connectivity index (χ2n) is 14.2. The summed E-state index contributed by atoms with van der Waals surface area (Å²) in [7, 11) is 1.61. The minimum Gasteiger partial charge on any atom is -0.497 e. The normalized spacial score (nSPS) is 29.1. The molecule has 48 heavy (non-hydrogen) atoms. The molecule has 11 nitrogen and oxygen atoms in total. The fraction of sp³-hybridized carbons (Fsp3) is 0.649. The standard InChI is InChI=1S/C37H50N4O7/c1-5-26-31-20-41(33(26)36(43)46-21-22(2)3)35(42)32(23-12-8-6-9-13-23)40-37(44)48-30-18-24(30)14-10-7-11-15-28-34(47-31)39-29-19-25(45-4)16-17-27(29)38-28/h11,15-17,19,22-24,26,30-33H,5-10,12-14,18,20-21H2,1-4H3,(H,40,44)/b15-11+/t24-,26?,30-,31+,32+,33+/m1/s1. The van der Waals surface area contributed by atoms with Crippen LogP contribution in [-0.2, 0) is 19.1 Å². The number of rotatable bonds is 6. The molecule has 260 valence electrons. The number of benzene rings is 1. The van der Waals surface area contributed by atoms with Gasteiger partial charge < -0.3 is 29.2 Å². The van der Waals surface area contributed by atoms with Gasteiger partial charge in [0.1, 0.15) is 35.7 Å². The van der Waals surface area contributed by atoms with Crippen molar-refractivity contribution in [1.29, 1.82) is 0 Å². The van der Waals surface area contributed by atoms with Gasteiger partial charge in [-0.05, 0) is 80.9 Å². The van der Waals surface area contributed by atoms with E-state index in [-0.39, 0.29) is 42.9 Å². The first kappa shape index (κ1) is 34.0. The van der Waals surface area contributed by atoms with E-state index in [4.69, 9.17) is 28.9 Å². The highest BCUT2D eigenvalue weighted by atomic mass is 16.6. The van der Waals surface area contributed by atoms with E-state index in [1.54, 1.807) is 12.0 Å². The zero-order valence-corrected chi connectivity index (χ0v) is 28.7. The van der Waals surface area contributed by atoms with Crippen molar-refractivity contribution >= 4 is 35.1 Å². The molecule has 2 bridgehead atoms. The monoisotopic (exact) mass is 662 g/mol. The number of nitrogens with zero attached hydrogens (tertiary/aromatic N) is 3. The summed E-state index contributed by atoms with van der Waals surface area (Å²) in [6.07, 6.45) is 11.6. The zero-order valence-electron chi connectivity index (χ0n) is 28.7. The van der Waals surface area contributed by atoms with Crippen molar-refractivity contribution in [3.05, 3.63) is 30.0 Å². The van der Waals surface area contributed by atoms with Crippen LogP contribution in [0.3, 0.4) is 0 Å². The van der Waals surface area contributed by atoms with Crippen LogP contribution >= 0.6 is 0 Å². The van der Waals surface area contributed by atoms with Crippen LogP contribution in [0.15, 0.2) is 24.3 Å². The van der Waals surface area contributed by atoms with Gasteiger partial charge in [-0.25, -0.2) is 19.6 Å². The maximum absolute atomic E-state index is 14.7. The van der Waals surface area contributed by atoms with Gasteiger partial charge >= 0.3 is 12.1 Å². The molecule has 2 aromatic rings. The molecule has 1 saturated heterocycles.